The molecule has 1 spiro atoms. The van der Waals surface area contributed by atoms with E-state index in [0.717, 1.165) is 42.8 Å². The summed E-state index contributed by atoms with van der Waals surface area (Å²) < 4.78 is 53.7. The fourth-order valence-corrected chi connectivity index (χ4v) is 11.9. The molecule has 2 fully saturated rings. The highest BCUT2D eigenvalue weighted by Crippen LogP contribution is 2.47. The van der Waals surface area contributed by atoms with Crippen molar-refractivity contribution in [3.63, 3.8) is 0 Å². The van der Waals surface area contributed by atoms with Crippen molar-refractivity contribution in [2.45, 2.75) is 75.1 Å². The van der Waals surface area contributed by atoms with E-state index in [1.165, 1.54) is 11.1 Å². The Kier molecular flexibility index (Phi) is 10.7. The number of benzene rings is 2. The van der Waals surface area contributed by atoms with Crippen LogP contribution in [-0.2, 0) is 40.9 Å². The Labute approximate surface area is 313 Å². The predicted octanol–water partition coefficient (Wildman–Crippen LogP) is 4.97. The van der Waals surface area contributed by atoms with Gasteiger partial charge in [-0.3, -0.25) is 14.3 Å². The number of rotatable bonds is 4. The molecule has 0 radical (unpaired) electrons. The second kappa shape index (κ2) is 15.0. The highest BCUT2D eigenvalue weighted by Gasteiger charge is 2.45. The third-order valence-electron chi connectivity index (χ3n) is 12.0. The zero-order valence-electron chi connectivity index (χ0n) is 29.9. The summed E-state index contributed by atoms with van der Waals surface area (Å²) in [6.07, 6.45) is 10.4. The van der Waals surface area contributed by atoms with Crippen LogP contribution in [0.3, 0.4) is 0 Å². The predicted molar refractivity (Wildman–Crippen MR) is 207 cm³/mol. The summed E-state index contributed by atoms with van der Waals surface area (Å²) in [4.78, 5) is 30.9. The smallest absolute Gasteiger partial charge is 0.262 e. The van der Waals surface area contributed by atoms with E-state index in [4.69, 9.17) is 21.1 Å². The molecule has 52 heavy (non-hydrogen) atoms. The van der Waals surface area contributed by atoms with E-state index in [-0.39, 0.29) is 65.7 Å². The minimum absolute atomic E-state index is 0.0248. The van der Waals surface area contributed by atoms with Crippen molar-refractivity contribution in [1.29, 1.82) is 0 Å². The SMILES string of the molecule is C=S1(=O)NC(=O)c2ccc3c(c2)N(C[C@@H]2CC[C@H]2[C@@H](OCC(=O)N2CCS(=O)(=O)CC2)/C=C/CC[C@H]1CC)C[C@@]1(CCCc2cc(Cl)ccc21)CO3. The molecular weight excluding hydrogens is 722 g/mol. The molecule has 2 bridgehead atoms. The zero-order chi connectivity index (χ0) is 36.7. The third kappa shape index (κ3) is 7.77. The van der Waals surface area contributed by atoms with Crippen LogP contribution in [0.2, 0.25) is 5.02 Å². The molecule has 7 rings (SSSR count). The van der Waals surface area contributed by atoms with Gasteiger partial charge in [0.1, 0.15) is 12.4 Å². The number of hydrogen-bond acceptors (Lipinski definition) is 8. The number of carbonyl (C=O) groups is 2. The molecule has 1 saturated heterocycles. The van der Waals surface area contributed by atoms with Crippen molar-refractivity contribution in [3.8, 4) is 5.75 Å². The van der Waals surface area contributed by atoms with E-state index < -0.39 is 25.5 Å². The first kappa shape index (κ1) is 37.3. The number of nitrogens with zero attached hydrogens (tertiary/aromatic N) is 2. The van der Waals surface area contributed by atoms with Gasteiger partial charge < -0.3 is 19.3 Å². The average molecular weight is 772 g/mol. The normalized spacial score (nSPS) is 32.3. The lowest BCUT2D eigenvalue weighted by Crippen LogP contribution is -2.50. The molecule has 2 aliphatic carbocycles. The first-order valence-corrected chi connectivity index (χ1v) is 22.6. The van der Waals surface area contributed by atoms with E-state index in [2.05, 4.69) is 27.6 Å². The van der Waals surface area contributed by atoms with E-state index >= 15 is 0 Å². The van der Waals surface area contributed by atoms with Crippen molar-refractivity contribution in [1.82, 2.24) is 9.62 Å². The summed E-state index contributed by atoms with van der Waals surface area (Å²) in [5.74, 6) is 4.44. The van der Waals surface area contributed by atoms with Crippen molar-refractivity contribution in [2.75, 3.05) is 55.8 Å². The fourth-order valence-electron chi connectivity index (χ4n) is 8.81. The van der Waals surface area contributed by atoms with E-state index in [9.17, 15) is 22.2 Å². The largest absolute Gasteiger partial charge is 0.490 e. The number of sulfone groups is 1. The van der Waals surface area contributed by atoms with Gasteiger partial charge in [-0.1, -0.05) is 36.7 Å². The Hall–Kier alpha value is -3.06. The van der Waals surface area contributed by atoms with Crippen LogP contribution < -0.4 is 14.4 Å². The van der Waals surface area contributed by atoms with Crippen LogP contribution in [0.5, 0.6) is 5.75 Å². The molecule has 3 heterocycles. The summed E-state index contributed by atoms with van der Waals surface area (Å²) in [6, 6.07) is 11.7. The molecule has 1 unspecified atom stereocenters. The van der Waals surface area contributed by atoms with Crippen LogP contribution in [0.4, 0.5) is 5.69 Å². The van der Waals surface area contributed by atoms with Gasteiger partial charge in [0.15, 0.2) is 9.84 Å². The molecule has 2 amide bonds. The molecule has 3 aliphatic heterocycles. The molecule has 13 heteroatoms. The van der Waals surface area contributed by atoms with Gasteiger partial charge in [0, 0.05) is 47.4 Å². The second-order valence-electron chi connectivity index (χ2n) is 15.3. The fraction of sp³-hybridized carbons (Fsp3) is 0.564. The van der Waals surface area contributed by atoms with Crippen LogP contribution in [0.15, 0.2) is 48.6 Å². The molecule has 10 nitrogen and oxygen atoms in total. The summed E-state index contributed by atoms with van der Waals surface area (Å²) in [7, 11) is -6.09. The molecule has 2 aromatic carbocycles. The Bertz CT molecular complexity index is 1940. The van der Waals surface area contributed by atoms with Crippen molar-refractivity contribution in [2.24, 2.45) is 11.8 Å². The van der Waals surface area contributed by atoms with Crippen LogP contribution in [0.25, 0.3) is 0 Å². The van der Waals surface area contributed by atoms with Gasteiger partial charge in [-0.15, -0.1) is 0 Å². The molecule has 6 atom stereocenters. The lowest BCUT2D eigenvalue weighted by Gasteiger charge is -2.46. The molecule has 1 saturated carbocycles. The Morgan fingerprint density at radius 3 is 2.67 bits per heavy atom. The number of allylic oxidation sites excluding steroid dienone is 1. The van der Waals surface area contributed by atoms with Crippen LogP contribution in [-0.4, -0.2) is 97.5 Å². The number of hydrogen-bond donors (Lipinski definition) is 1. The summed E-state index contributed by atoms with van der Waals surface area (Å²) in [6.45, 7) is 4.08. The van der Waals surface area contributed by atoms with Gasteiger partial charge in [-0.2, -0.15) is 0 Å². The van der Waals surface area contributed by atoms with E-state index in [1.54, 1.807) is 11.0 Å². The zero-order valence-corrected chi connectivity index (χ0v) is 32.3. The maximum Gasteiger partial charge on any atom is 0.262 e. The molecular formula is C39H50ClN3O7S2. The number of nitrogens with one attached hydrogen (secondary N) is 1. The molecule has 2 aromatic rings. The van der Waals surface area contributed by atoms with Crippen molar-refractivity contribution >= 4 is 54.5 Å². The van der Waals surface area contributed by atoms with Gasteiger partial charge in [-0.05, 0) is 111 Å². The number of carbonyl (C=O) groups excluding carboxylic acids is 2. The van der Waals surface area contributed by atoms with Gasteiger partial charge >= 0.3 is 0 Å². The molecule has 5 aliphatic rings. The molecule has 0 aromatic heterocycles. The van der Waals surface area contributed by atoms with E-state index in [1.807, 2.05) is 37.3 Å². The Morgan fingerprint density at radius 2 is 1.92 bits per heavy atom. The minimum Gasteiger partial charge on any atom is -0.490 e. The second-order valence-corrected chi connectivity index (χ2v) is 20.4. The standard InChI is InChI=1S/C39H50ClN3O7S2/c1-3-31-8-4-5-9-35(49-24-37(44)42-17-19-52(47,48)20-18-42)32-13-10-29(32)23-43-25-39(16-6-7-27-21-30(40)12-14-33(27)39)26-50-36-15-11-28(22-34(36)43)38(45)41-51(31,2)46/h5,9,11-12,14-15,21-22,29,31-32,35H,2-4,6-8,10,13,16-20,23-26H2,1H3,(H,41,45,46)/b9-5+/t29-,31+,32+,35-,39-,51?/m0/s1. The maximum absolute atomic E-state index is 13.9. The van der Waals surface area contributed by atoms with Gasteiger partial charge in [-0.25, -0.2) is 12.6 Å². The quantitative estimate of drug-likeness (QED) is 0.342. The summed E-state index contributed by atoms with van der Waals surface area (Å²) in [5.41, 5.74) is 3.44. The van der Waals surface area contributed by atoms with Gasteiger partial charge in [0.2, 0.25) is 5.91 Å². The van der Waals surface area contributed by atoms with E-state index in [0.29, 0.717) is 50.3 Å². The minimum atomic E-state index is -3.11. The number of amides is 2. The molecule has 1 N–H and O–H groups in total. The number of anilines is 1. The van der Waals surface area contributed by atoms with Crippen molar-refractivity contribution in [3.05, 3.63) is 70.3 Å². The number of halogens is 1. The highest BCUT2D eigenvalue weighted by molar-refractivity contribution is 7.99. The number of ether oxygens (including phenoxy) is 2. The average Bonchev–Trinajstić information content (AvgIpc) is 3.24. The highest BCUT2D eigenvalue weighted by atomic mass is 35.5. The van der Waals surface area contributed by atoms with Gasteiger partial charge in [0.05, 0.1) is 39.6 Å². The van der Waals surface area contributed by atoms with Crippen LogP contribution in [0, 0.1) is 11.8 Å². The Morgan fingerprint density at radius 1 is 1.12 bits per heavy atom. The van der Waals surface area contributed by atoms with Crippen LogP contribution >= 0.6 is 11.6 Å². The lowest BCUT2D eigenvalue weighted by atomic mass is 9.68. The first-order valence-electron chi connectivity index (χ1n) is 18.6. The lowest BCUT2D eigenvalue weighted by molar-refractivity contribution is -0.139. The summed E-state index contributed by atoms with van der Waals surface area (Å²) >= 11 is 6.46. The topological polar surface area (TPSA) is 122 Å². The number of fused-ring (bicyclic) bond motifs is 4. The maximum atomic E-state index is 13.9. The van der Waals surface area contributed by atoms with Gasteiger partial charge in [0.25, 0.3) is 5.91 Å². The number of aryl methyl sites for hydroxylation is 1. The van der Waals surface area contributed by atoms with Crippen LogP contribution in [0.1, 0.15) is 73.4 Å². The Balaban J connectivity index is 1.22. The summed E-state index contributed by atoms with van der Waals surface area (Å²) in [5, 5.41) is 0.393. The monoisotopic (exact) mass is 771 g/mol. The third-order valence-corrected chi connectivity index (χ3v) is 16.0. The first-order chi connectivity index (χ1) is 24.9. The molecule has 282 valence electrons. The van der Waals surface area contributed by atoms with Crippen molar-refractivity contribution < 1.29 is 31.7 Å².